The molecule has 3 N–H and O–H groups in total. The van der Waals surface area contributed by atoms with Crippen LogP contribution in [0.5, 0.6) is 11.6 Å². The number of halogens is 1. The van der Waals surface area contributed by atoms with Crippen LogP contribution in [0.3, 0.4) is 0 Å². The van der Waals surface area contributed by atoms with E-state index in [1.807, 2.05) is 37.3 Å². The monoisotopic (exact) mass is 365 g/mol. The summed E-state index contributed by atoms with van der Waals surface area (Å²) in [5.74, 6) is -0.821. The lowest BCUT2D eigenvalue weighted by Crippen LogP contribution is -2.18. The number of pyridine rings is 1. The minimum Gasteiger partial charge on any atom is -0.436 e. The molecule has 0 bridgehead atoms. The van der Waals surface area contributed by atoms with Crippen molar-refractivity contribution in [2.75, 3.05) is 0 Å². The molecule has 2 aromatic carbocycles. The van der Waals surface area contributed by atoms with E-state index in [0.717, 1.165) is 11.1 Å². The van der Waals surface area contributed by atoms with Gasteiger partial charge in [0, 0.05) is 24.8 Å². The fourth-order valence-corrected chi connectivity index (χ4v) is 2.55. The number of benzene rings is 2. The van der Waals surface area contributed by atoms with E-state index in [-0.39, 0.29) is 23.2 Å². The Balaban J connectivity index is 1.65. The van der Waals surface area contributed by atoms with Crippen molar-refractivity contribution in [1.29, 1.82) is 0 Å². The second kappa shape index (κ2) is 8.42. The van der Waals surface area contributed by atoms with Crippen molar-refractivity contribution in [3.05, 3.63) is 89.4 Å². The van der Waals surface area contributed by atoms with Gasteiger partial charge in [-0.15, -0.1) is 0 Å². The number of carbonyl (C=O) groups excluding carboxylic acids is 1. The number of nitrogens with zero attached hydrogens (tertiary/aromatic N) is 1. The van der Waals surface area contributed by atoms with Crippen molar-refractivity contribution in [3.8, 4) is 11.6 Å². The Labute approximate surface area is 157 Å². The minimum absolute atomic E-state index is 0.0262. The van der Waals surface area contributed by atoms with E-state index >= 15 is 0 Å². The molecule has 0 saturated carbocycles. The summed E-state index contributed by atoms with van der Waals surface area (Å²) in [4.78, 5) is 15.0. The minimum atomic E-state index is -0.582. The summed E-state index contributed by atoms with van der Waals surface area (Å²) in [7, 11) is 0. The molecule has 0 aliphatic heterocycles. The summed E-state index contributed by atoms with van der Waals surface area (Å²) in [6, 6.07) is 17.7. The van der Waals surface area contributed by atoms with Crippen molar-refractivity contribution < 1.29 is 13.9 Å². The average Bonchev–Trinajstić information content (AvgIpc) is 2.69. The number of rotatable bonds is 7. The maximum Gasteiger partial charge on any atom is 0.250 e. The number of hydrogen-bond acceptors (Lipinski definition) is 4. The highest BCUT2D eigenvalue weighted by Crippen LogP contribution is 2.26. The molecule has 138 valence electrons. The summed E-state index contributed by atoms with van der Waals surface area (Å²) in [6.45, 7) is 2.67. The van der Waals surface area contributed by atoms with Gasteiger partial charge in [-0.2, -0.15) is 0 Å². The van der Waals surface area contributed by atoms with Crippen molar-refractivity contribution in [2.24, 2.45) is 5.73 Å². The molecule has 0 saturated heterocycles. The molecule has 0 aliphatic carbocycles. The highest BCUT2D eigenvalue weighted by atomic mass is 19.1. The molecule has 6 heteroatoms. The van der Waals surface area contributed by atoms with Gasteiger partial charge in [-0.05, 0) is 36.2 Å². The van der Waals surface area contributed by atoms with E-state index in [1.165, 1.54) is 24.4 Å². The highest BCUT2D eigenvalue weighted by Gasteiger charge is 2.11. The van der Waals surface area contributed by atoms with Crippen LogP contribution in [0.25, 0.3) is 0 Å². The Morgan fingerprint density at radius 2 is 1.96 bits per heavy atom. The molecule has 0 spiro atoms. The third kappa shape index (κ3) is 4.89. The topological polar surface area (TPSA) is 77.2 Å². The van der Waals surface area contributed by atoms with Gasteiger partial charge in [-0.1, -0.05) is 36.4 Å². The van der Waals surface area contributed by atoms with Gasteiger partial charge >= 0.3 is 0 Å². The molecule has 1 aromatic heterocycles. The first-order chi connectivity index (χ1) is 13.0. The van der Waals surface area contributed by atoms with Gasteiger partial charge in [0.1, 0.15) is 0 Å². The predicted octanol–water partition coefficient (Wildman–Crippen LogP) is 3.96. The summed E-state index contributed by atoms with van der Waals surface area (Å²) >= 11 is 0. The van der Waals surface area contributed by atoms with Gasteiger partial charge in [0.25, 0.3) is 0 Å². The van der Waals surface area contributed by atoms with Gasteiger partial charge in [-0.3, -0.25) is 4.79 Å². The van der Waals surface area contributed by atoms with Crippen LogP contribution in [0.2, 0.25) is 0 Å². The van der Waals surface area contributed by atoms with Crippen LogP contribution in [0.15, 0.2) is 66.9 Å². The second-order valence-corrected chi connectivity index (χ2v) is 6.13. The third-order valence-corrected chi connectivity index (χ3v) is 4.15. The van der Waals surface area contributed by atoms with E-state index in [4.69, 9.17) is 10.5 Å². The van der Waals surface area contributed by atoms with Crippen molar-refractivity contribution in [2.45, 2.75) is 19.5 Å². The van der Waals surface area contributed by atoms with E-state index in [9.17, 15) is 9.18 Å². The summed E-state index contributed by atoms with van der Waals surface area (Å²) in [6.07, 6.45) is 1.29. The normalized spacial score (nSPS) is 11.8. The largest absolute Gasteiger partial charge is 0.436 e. The summed E-state index contributed by atoms with van der Waals surface area (Å²) < 4.78 is 19.9. The number of hydrogen-bond donors (Lipinski definition) is 2. The Morgan fingerprint density at radius 3 is 2.59 bits per heavy atom. The van der Waals surface area contributed by atoms with Gasteiger partial charge in [0.15, 0.2) is 11.6 Å². The number of amides is 1. The molecule has 3 rings (SSSR count). The smallest absolute Gasteiger partial charge is 0.250 e. The molecule has 5 nitrogen and oxygen atoms in total. The van der Waals surface area contributed by atoms with Crippen LogP contribution in [0.1, 0.15) is 34.5 Å². The first-order valence-electron chi connectivity index (χ1n) is 8.53. The summed E-state index contributed by atoms with van der Waals surface area (Å²) in [5.41, 5.74) is 7.40. The average molecular weight is 365 g/mol. The number of nitrogens with two attached hydrogens (primary N) is 1. The molecule has 1 atom stereocenters. The van der Waals surface area contributed by atoms with E-state index in [2.05, 4.69) is 10.3 Å². The molecule has 27 heavy (non-hydrogen) atoms. The molecular weight excluding hydrogens is 345 g/mol. The van der Waals surface area contributed by atoms with Crippen molar-refractivity contribution in [3.63, 3.8) is 0 Å². The SMILES string of the molecule is C[C@@H](NCc1ccccc1)c1ccc(Oc2ccc(C(N)=O)cn2)c(F)c1. The van der Waals surface area contributed by atoms with Gasteiger partial charge < -0.3 is 15.8 Å². The van der Waals surface area contributed by atoms with Gasteiger partial charge in [0.2, 0.25) is 11.8 Å². The van der Waals surface area contributed by atoms with Crippen LogP contribution in [-0.4, -0.2) is 10.9 Å². The van der Waals surface area contributed by atoms with Crippen LogP contribution in [-0.2, 0) is 6.54 Å². The highest BCUT2D eigenvalue weighted by molar-refractivity contribution is 5.92. The zero-order valence-corrected chi connectivity index (χ0v) is 14.9. The van der Waals surface area contributed by atoms with Gasteiger partial charge in [-0.25, -0.2) is 9.37 Å². The molecular formula is C21H20FN3O2. The molecule has 3 aromatic rings. The van der Waals surface area contributed by atoms with Crippen LogP contribution in [0, 0.1) is 5.82 Å². The molecule has 0 unspecified atom stereocenters. The van der Waals surface area contributed by atoms with Crippen LogP contribution < -0.4 is 15.8 Å². The van der Waals surface area contributed by atoms with Crippen LogP contribution >= 0.6 is 0 Å². The number of aromatic nitrogens is 1. The quantitative estimate of drug-likeness (QED) is 0.664. The van der Waals surface area contributed by atoms with Crippen LogP contribution in [0.4, 0.5) is 4.39 Å². The lowest BCUT2D eigenvalue weighted by molar-refractivity contribution is 0.1000. The Hall–Kier alpha value is -3.25. The molecule has 0 radical (unpaired) electrons. The Bertz CT molecular complexity index is 914. The first-order valence-corrected chi connectivity index (χ1v) is 8.53. The Kier molecular flexibility index (Phi) is 5.78. The fraction of sp³-hybridized carbons (Fsp3) is 0.143. The number of carbonyl (C=O) groups is 1. The van der Waals surface area contributed by atoms with Crippen molar-refractivity contribution in [1.82, 2.24) is 10.3 Å². The zero-order valence-electron chi connectivity index (χ0n) is 14.9. The predicted molar refractivity (Wildman–Crippen MR) is 101 cm³/mol. The number of ether oxygens (including phenoxy) is 1. The number of primary amides is 1. The zero-order chi connectivity index (χ0) is 19.2. The summed E-state index contributed by atoms with van der Waals surface area (Å²) in [5, 5.41) is 3.36. The van der Waals surface area contributed by atoms with Gasteiger partial charge in [0.05, 0.1) is 5.56 Å². The van der Waals surface area contributed by atoms with E-state index in [0.29, 0.717) is 6.54 Å². The first kappa shape index (κ1) is 18.5. The Morgan fingerprint density at radius 1 is 1.19 bits per heavy atom. The molecule has 1 heterocycles. The molecule has 1 amide bonds. The van der Waals surface area contributed by atoms with E-state index in [1.54, 1.807) is 12.1 Å². The second-order valence-electron chi connectivity index (χ2n) is 6.13. The fourth-order valence-electron chi connectivity index (χ4n) is 2.55. The lowest BCUT2D eigenvalue weighted by atomic mass is 10.1. The third-order valence-electron chi connectivity index (χ3n) is 4.15. The number of nitrogens with one attached hydrogen (secondary N) is 1. The lowest BCUT2D eigenvalue weighted by Gasteiger charge is -2.15. The maximum atomic E-state index is 14.4. The standard InChI is InChI=1S/C21H20FN3O2/c1-14(24-12-15-5-3-2-4-6-15)16-7-9-19(18(22)11-16)27-20-10-8-17(13-25-20)21(23)26/h2-11,13-14,24H,12H2,1H3,(H2,23,26)/t14-/m1/s1. The molecule has 0 aliphatic rings. The van der Waals surface area contributed by atoms with Crippen molar-refractivity contribution >= 4 is 5.91 Å². The maximum absolute atomic E-state index is 14.4. The molecule has 0 fully saturated rings. The van der Waals surface area contributed by atoms with E-state index < -0.39 is 11.7 Å².